The molecule has 0 spiro atoms. The number of ether oxygens (including phenoxy) is 2. The van der Waals surface area contributed by atoms with Crippen molar-refractivity contribution < 1.29 is 14.3 Å². The first kappa shape index (κ1) is 18.5. The van der Waals surface area contributed by atoms with E-state index in [4.69, 9.17) is 9.47 Å². The Morgan fingerprint density at radius 3 is 2.46 bits per heavy atom. The van der Waals surface area contributed by atoms with Gasteiger partial charge in [0, 0.05) is 16.7 Å². The SMILES string of the molecule is COc1ccc(NC(=O)CSCc2ccc(SC)cc2)c(OC)c1. The van der Waals surface area contributed by atoms with Crippen LogP contribution in [-0.2, 0) is 10.5 Å². The number of hydrogen-bond acceptors (Lipinski definition) is 5. The summed E-state index contributed by atoms with van der Waals surface area (Å²) in [6, 6.07) is 13.7. The topological polar surface area (TPSA) is 47.6 Å². The maximum absolute atomic E-state index is 12.1. The van der Waals surface area contributed by atoms with Gasteiger partial charge in [-0.25, -0.2) is 0 Å². The fourth-order valence-electron chi connectivity index (χ4n) is 2.07. The maximum atomic E-state index is 12.1. The molecule has 1 amide bonds. The minimum atomic E-state index is -0.0517. The van der Waals surface area contributed by atoms with E-state index in [2.05, 4.69) is 35.8 Å². The Morgan fingerprint density at radius 2 is 1.83 bits per heavy atom. The number of rotatable bonds is 8. The number of nitrogens with one attached hydrogen (secondary N) is 1. The first-order valence-corrected chi connectivity index (χ1v) is 9.76. The molecule has 2 rings (SSSR count). The van der Waals surface area contributed by atoms with Gasteiger partial charge < -0.3 is 14.8 Å². The zero-order valence-electron chi connectivity index (χ0n) is 14.0. The van der Waals surface area contributed by atoms with E-state index in [1.165, 1.54) is 10.5 Å². The van der Waals surface area contributed by atoms with Gasteiger partial charge in [0.2, 0.25) is 5.91 Å². The average molecular weight is 364 g/mol. The van der Waals surface area contributed by atoms with Crippen molar-refractivity contribution in [3.8, 4) is 11.5 Å². The van der Waals surface area contributed by atoms with Crippen LogP contribution >= 0.6 is 23.5 Å². The number of methoxy groups -OCH3 is 2. The molecule has 0 fully saturated rings. The Labute approximate surface area is 151 Å². The van der Waals surface area contributed by atoms with Crippen molar-refractivity contribution in [2.45, 2.75) is 10.6 Å². The molecule has 0 heterocycles. The van der Waals surface area contributed by atoms with E-state index in [0.717, 1.165) is 5.75 Å². The monoisotopic (exact) mass is 363 g/mol. The Morgan fingerprint density at radius 1 is 1.08 bits per heavy atom. The van der Waals surface area contributed by atoms with Crippen LogP contribution in [0.5, 0.6) is 11.5 Å². The smallest absolute Gasteiger partial charge is 0.234 e. The lowest BCUT2D eigenvalue weighted by Gasteiger charge is -2.11. The van der Waals surface area contributed by atoms with Crippen molar-refractivity contribution in [2.75, 3.05) is 31.5 Å². The Kier molecular flexibility index (Phi) is 7.34. The predicted octanol–water partition coefficient (Wildman–Crippen LogP) is 4.30. The van der Waals surface area contributed by atoms with Crippen LogP contribution in [0.15, 0.2) is 47.4 Å². The summed E-state index contributed by atoms with van der Waals surface area (Å²) in [7, 11) is 3.16. The van der Waals surface area contributed by atoms with Crippen molar-refractivity contribution in [3.63, 3.8) is 0 Å². The van der Waals surface area contributed by atoms with Crippen LogP contribution in [0.2, 0.25) is 0 Å². The first-order valence-electron chi connectivity index (χ1n) is 7.39. The summed E-state index contributed by atoms with van der Waals surface area (Å²) in [6.07, 6.45) is 2.06. The quantitative estimate of drug-likeness (QED) is 0.709. The molecule has 0 saturated heterocycles. The van der Waals surface area contributed by atoms with E-state index < -0.39 is 0 Å². The van der Waals surface area contributed by atoms with Crippen LogP contribution in [0, 0.1) is 0 Å². The Balaban J connectivity index is 1.84. The van der Waals surface area contributed by atoms with Crippen LogP contribution in [0.4, 0.5) is 5.69 Å². The van der Waals surface area contributed by atoms with Crippen LogP contribution in [0.25, 0.3) is 0 Å². The van der Waals surface area contributed by atoms with Crippen molar-refractivity contribution in [2.24, 2.45) is 0 Å². The van der Waals surface area contributed by atoms with Crippen molar-refractivity contribution in [1.82, 2.24) is 0 Å². The molecule has 0 aliphatic heterocycles. The van der Waals surface area contributed by atoms with Gasteiger partial charge in [0.05, 0.1) is 25.7 Å². The van der Waals surface area contributed by atoms with Gasteiger partial charge in [0.15, 0.2) is 0 Å². The molecule has 4 nitrogen and oxygen atoms in total. The highest BCUT2D eigenvalue weighted by Gasteiger charge is 2.09. The number of amides is 1. The second-order valence-corrected chi connectivity index (χ2v) is 6.82. The van der Waals surface area contributed by atoms with E-state index in [9.17, 15) is 4.79 Å². The fraction of sp³-hybridized carbons (Fsp3) is 0.278. The number of benzene rings is 2. The maximum Gasteiger partial charge on any atom is 0.234 e. The van der Waals surface area contributed by atoms with Crippen LogP contribution in [0.1, 0.15) is 5.56 Å². The summed E-state index contributed by atoms with van der Waals surface area (Å²) in [5.74, 6) is 2.42. The zero-order chi connectivity index (χ0) is 17.4. The third-order valence-corrected chi connectivity index (χ3v) is 5.09. The lowest BCUT2D eigenvalue weighted by atomic mass is 10.2. The summed E-state index contributed by atoms with van der Waals surface area (Å²) < 4.78 is 10.4. The van der Waals surface area contributed by atoms with Gasteiger partial charge in [-0.05, 0) is 36.1 Å². The molecule has 1 N–H and O–H groups in total. The highest BCUT2D eigenvalue weighted by Crippen LogP contribution is 2.29. The van der Waals surface area contributed by atoms with E-state index in [1.54, 1.807) is 55.9 Å². The molecule has 0 radical (unpaired) electrons. The minimum Gasteiger partial charge on any atom is -0.497 e. The molecule has 0 aliphatic rings. The van der Waals surface area contributed by atoms with Gasteiger partial charge in [0.25, 0.3) is 0 Å². The van der Waals surface area contributed by atoms with E-state index >= 15 is 0 Å². The zero-order valence-corrected chi connectivity index (χ0v) is 15.6. The van der Waals surface area contributed by atoms with Gasteiger partial charge in [-0.15, -0.1) is 23.5 Å². The minimum absolute atomic E-state index is 0.0517. The summed E-state index contributed by atoms with van der Waals surface area (Å²) in [4.78, 5) is 13.3. The van der Waals surface area contributed by atoms with Crippen LogP contribution in [-0.4, -0.2) is 32.1 Å². The molecule has 2 aromatic rings. The summed E-state index contributed by atoms with van der Waals surface area (Å²) in [5, 5.41) is 2.87. The van der Waals surface area contributed by atoms with Gasteiger partial charge in [0.1, 0.15) is 11.5 Å². The standard InChI is InChI=1S/C18H21NO3S2/c1-21-14-6-9-16(17(10-14)22-2)19-18(20)12-24-11-13-4-7-15(23-3)8-5-13/h4-10H,11-12H2,1-3H3,(H,19,20). The number of thioether (sulfide) groups is 2. The molecule has 24 heavy (non-hydrogen) atoms. The first-order chi connectivity index (χ1) is 11.7. The van der Waals surface area contributed by atoms with Crippen LogP contribution < -0.4 is 14.8 Å². The highest BCUT2D eigenvalue weighted by atomic mass is 32.2. The molecule has 0 bridgehead atoms. The van der Waals surface area contributed by atoms with E-state index in [-0.39, 0.29) is 5.91 Å². The summed E-state index contributed by atoms with van der Waals surface area (Å²) in [6.45, 7) is 0. The Hall–Kier alpha value is -1.79. The molecule has 0 aliphatic carbocycles. The number of hydrogen-bond donors (Lipinski definition) is 1. The lowest BCUT2D eigenvalue weighted by molar-refractivity contribution is -0.113. The van der Waals surface area contributed by atoms with E-state index in [0.29, 0.717) is 22.9 Å². The molecule has 0 saturated carbocycles. The van der Waals surface area contributed by atoms with Gasteiger partial charge in [-0.1, -0.05) is 12.1 Å². The molecule has 128 valence electrons. The molecule has 0 unspecified atom stereocenters. The van der Waals surface area contributed by atoms with E-state index in [1.807, 2.05) is 0 Å². The highest BCUT2D eigenvalue weighted by molar-refractivity contribution is 7.99. The molecular weight excluding hydrogens is 342 g/mol. The van der Waals surface area contributed by atoms with Gasteiger partial charge in [-0.2, -0.15) is 0 Å². The largest absolute Gasteiger partial charge is 0.497 e. The second-order valence-electron chi connectivity index (χ2n) is 4.96. The lowest BCUT2D eigenvalue weighted by Crippen LogP contribution is -2.14. The van der Waals surface area contributed by atoms with Gasteiger partial charge >= 0.3 is 0 Å². The third kappa shape index (κ3) is 5.39. The molecular formula is C18H21NO3S2. The molecule has 0 atom stereocenters. The van der Waals surface area contributed by atoms with Crippen molar-refractivity contribution >= 4 is 35.1 Å². The van der Waals surface area contributed by atoms with Crippen molar-refractivity contribution in [3.05, 3.63) is 48.0 Å². The Bertz CT molecular complexity index is 674. The molecule has 2 aromatic carbocycles. The number of carbonyl (C=O) groups excluding carboxylic acids is 1. The van der Waals surface area contributed by atoms with Crippen molar-refractivity contribution in [1.29, 1.82) is 0 Å². The van der Waals surface area contributed by atoms with Crippen LogP contribution in [0.3, 0.4) is 0 Å². The third-order valence-electron chi connectivity index (χ3n) is 3.34. The molecule has 6 heteroatoms. The summed E-state index contributed by atoms with van der Waals surface area (Å²) in [5.41, 5.74) is 1.86. The fourth-order valence-corrected chi connectivity index (χ4v) is 3.27. The predicted molar refractivity (Wildman–Crippen MR) is 103 cm³/mol. The van der Waals surface area contributed by atoms with Gasteiger partial charge in [-0.3, -0.25) is 4.79 Å². The number of anilines is 1. The summed E-state index contributed by atoms with van der Waals surface area (Å²) >= 11 is 3.31. The second kappa shape index (κ2) is 9.49. The average Bonchev–Trinajstić information content (AvgIpc) is 2.62. The molecule has 0 aromatic heterocycles. The number of carbonyl (C=O) groups is 1. The normalized spacial score (nSPS) is 10.3.